The fourth-order valence-corrected chi connectivity index (χ4v) is 12.1. The van der Waals surface area contributed by atoms with Gasteiger partial charge in [-0.15, -0.1) is 45.3 Å². The molecule has 6 aromatic rings. The third-order valence-electron chi connectivity index (χ3n) is 10.0. The third kappa shape index (κ3) is 4.91. The zero-order chi connectivity index (χ0) is 31.8. The molecule has 2 nitrogen and oxygen atoms in total. The van der Waals surface area contributed by atoms with Crippen LogP contribution in [0.3, 0.4) is 0 Å². The topological polar surface area (TPSA) is 34.1 Å². The highest BCUT2D eigenvalue weighted by molar-refractivity contribution is 7.24. The minimum Gasteiger partial charge on any atom is -0.289 e. The second-order valence-corrected chi connectivity index (χ2v) is 17.6. The standard InChI is InChI=1S/C41H32O2S4/c1-22-30(20-38(44-22)24-14-16-36-32(18-24)40(42)28-8-3-5-12-34(28)46-36)26-10-7-11-27(26)31-21-39(45-23(31)2)25-15-17-37-33(19-25)41(43)29-9-4-6-13-35(29)47-37/h3-5,8-9,12,14-18,20-21,25H,6-7,10-11,13,19H2,1-2H3. The lowest BCUT2D eigenvalue weighted by Crippen LogP contribution is -2.20. The molecular weight excluding hydrogens is 653 g/mol. The average Bonchev–Trinajstić information content (AvgIpc) is 3.83. The van der Waals surface area contributed by atoms with Gasteiger partial charge < -0.3 is 0 Å². The number of allylic oxidation sites excluding steroid dienone is 4. The highest BCUT2D eigenvalue weighted by atomic mass is 32.1. The fourth-order valence-electron chi connectivity index (χ4n) is 7.64. The first-order valence-electron chi connectivity index (χ1n) is 16.4. The van der Waals surface area contributed by atoms with Gasteiger partial charge in [-0.05, 0) is 123 Å². The summed E-state index contributed by atoms with van der Waals surface area (Å²) in [5.74, 6) is 0.238. The number of fused-ring (bicyclic) bond motifs is 4. The second kappa shape index (κ2) is 11.5. The zero-order valence-electron chi connectivity index (χ0n) is 26.3. The van der Waals surface area contributed by atoms with E-state index in [9.17, 15) is 9.59 Å². The fraction of sp³-hybridized carbons (Fsp3) is 0.220. The smallest absolute Gasteiger partial charge is 0.195 e. The molecule has 0 fully saturated rings. The van der Waals surface area contributed by atoms with Gasteiger partial charge in [0.15, 0.2) is 10.9 Å². The first kappa shape index (κ1) is 29.5. The molecule has 1 atom stereocenters. The molecule has 4 heterocycles. The van der Waals surface area contributed by atoms with Crippen molar-refractivity contribution in [1.29, 1.82) is 0 Å². The molecule has 1 unspecified atom stereocenters. The summed E-state index contributed by atoms with van der Waals surface area (Å²) in [5, 5.41) is 1.61. The summed E-state index contributed by atoms with van der Waals surface area (Å²) in [4.78, 5) is 34.6. The molecule has 0 aliphatic heterocycles. The van der Waals surface area contributed by atoms with E-state index in [0.717, 1.165) is 73.8 Å². The maximum absolute atomic E-state index is 13.5. The van der Waals surface area contributed by atoms with Crippen LogP contribution in [0.4, 0.5) is 0 Å². The number of benzene rings is 2. The van der Waals surface area contributed by atoms with Gasteiger partial charge in [0, 0.05) is 66.5 Å². The van der Waals surface area contributed by atoms with Crippen LogP contribution in [0.2, 0.25) is 0 Å². The quantitative estimate of drug-likeness (QED) is 0.173. The van der Waals surface area contributed by atoms with Crippen molar-refractivity contribution in [3.63, 3.8) is 0 Å². The van der Waals surface area contributed by atoms with E-state index in [1.54, 1.807) is 11.3 Å². The van der Waals surface area contributed by atoms with Crippen LogP contribution in [0.1, 0.15) is 78.2 Å². The summed E-state index contributed by atoms with van der Waals surface area (Å²) in [7, 11) is 0. The van der Waals surface area contributed by atoms with E-state index < -0.39 is 0 Å². The first-order valence-corrected chi connectivity index (χ1v) is 19.6. The lowest BCUT2D eigenvalue weighted by Gasteiger charge is -2.20. The lowest BCUT2D eigenvalue weighted by atomic mass is 9.90. The van der Waals surface area contributed by atoms with Crippen molar-refractivity contribution in [1.82, 2.24) is 0 Å². The Bertz CT molecular complexity index is 2490. The van der Waals surface area contributed by atoms with Crippen molar-refractivity contribution in [2.75, 3.05) is 0 Å². The SMILES string of the molecule is Cc1sc(-c2ccc3sc4ccccc4c(=O)c3c2)cc1C1=C(c2cc(C3C=Cc4sc5c(c(=O)c4C3)C=CCC5)sc2C)CCC1. The molecule has 0 radical (unpaired) electrons. The van der Waals surface area contributed by atoms with Gasteiger partial charge in [0.05, 0.1) is 0 Å². The molecule has 3 aliphatic rings. The maximum Gasteiger partial charge on any atom is 0.195 e. The van der Waals surface area contributed by atoms with Crippen LogP contribution in [-0.2, 0) is 12.8 Å². The molecule has 0 N–H and O–H groups in total. The molecular formula is C41H32O2S4. The summed E-state index contributed by atoms with van der Waals surface area (Å²) < 4.78 is 2.07. The Labute approximate surface area is 289 Å². The monoisotopic (exact) mass is 684 g/mol. The molecule has 2 aromatic carbocycles. The van der Waals surface area contributed by atoms with Crippen LogP contribution in [0, 0.1) is 13.8 Å². The molecule has 0 saturated carbocycles. The van der Waals surface area contributed by atoms with Gasteiger partial charge in [-0.25, -0.2) is 0 Å². The number of hydrogen-bond donors (Lipinski definition) is 0. The van der Waals surface area contributed by atoms with Gasteiger partial charge in [-0.3, -0.25) is 9.59 Å². The first-order chi connectivity index (χ1) is 22.9. The van der Waals surface area contributed by atoms with E-state index >= 15 is 0 Å². The predicted octanol–water partition coefficient (Wildman–Crippen LogP) is 11.7. The molecule has 0 saturated heterocycles. The Kier molecular flexibility index (Phi) is 7.20. The van der Waals surface area contributed by atoms with Crippen LogP contribution >= 0.6 is 45.3 Å². The molecule has 3 aliphatic carbocycles. The van der Waals surface area contributed by atoms with Gasteiger partial charge in [0.1, 0.15) is 0 Å². The van der Waals surface area contributed by atoms with E-state index in [2.05, 4.69) is 62.4 Å². The van der Waals surface area contributed by atoms with Crippen LogP contribution in [0.5, 0.6) is 0 Å². The minimum absolute atomic E-state index is 0.119. The van der Waals surface area contributed by atoms with E-state index in [4.69, 9.17) is 0 Å². The number of thiophene rings is 2. The normalized spacial score (nSPS) is 17.2. The van der Waals surface area contributed by atoms with Crippen LogP contribution in [-0.4, -0.2) is 0 Å². The number of hydrogen-bond acceptors (Lipinski definition) is 6. The van der Waals surface area contributed by atoms with Crippen molar-refractivity contribution < 1.29 is 0 Å². The number of rotatable bonds is 4. The summed E-state index contributed by atoms with van der Waals surface area (Å²) in [5.41, 5.74) is 9.10. The van der Waals surface area contributed by atoms with Crippen LogP contribution in [0.25, 0.3) is 53.9 Å². The molecule has 0 amide bonds. The minimum atomic E-state index is 0.119. The van der Waals surface area contributed by atoms with E-state index in [0.29, 0.717) is 0 Å². The Hall–Kier alpha value is -3.68. The average molecular weight is 685 g/mol. The Morgan fingerprint density at radius 3 is 2.38 bits per heavy atom. The van der Waals surface area contributed by atoms with E-state index in [-0.39, 0.29) is 16.8 Å². The summed E-state index contributed by atoms with van der Waals surface area (Å²) in [6.07, 6.45) is 14.9. The predicted molar refractivity (Wildman–Crippen MR) is 207 cm³/mol. The highest BCUT2D eigenvalue weighted by Gasteiger charge is 2.27. The van der Waals surface area contributed by atoms with Crippen molar-refractivity contribution in [3.05, 3.63) is 134 Å². The van der Waals surface area contributed by atoms with Crippen molar-refractivity contribution in [2.45, 2.75) is 58.3 Å². The molecule has 47 heavy (non-hydrogen) atoms. The van der Waals surface area contributed by atoms with Crippen LogP contribution in [0.15, 0.2) is 76.3 Å². The molecule has 0 bridgehead atoms. The van der Waals surface area contributed by atoms with E-state index in [1.807, 2.05) is 64.4 Å². The molecule has 0 spiro atoms. The Balaban J connectivity index is 1.06. The van der Waals surface area contributed by atoms with Gasteiger partial charge in [-0.1, -0.05) is 36.4 Å². The van der Waals surface area contributed by atoms with Crippen molar-refractivity contribution >= 4 is 88.8 Å². The van der Waals surface area contributed by atoms with Crippen molar-refractivity contribution in [2.24, 2.45) is 0 Å². The summed E-state index contributed by atoms with van der Waals surface area (Å²) >= 11 is 7.23. The van der Waals surface area contributed by atoms with Crippen molar-refractivity contribution in [3.8, 4) is 10.4 Å². The van der Waals surface area contributed by atoms with Gasteiger partial charge in [0.25, 0.3) is 0 Å². The van der Waals surface area contributed by atoms with E-state index in [1.165, 1.54) is 53.1 Å². The highest BCUT2D eigenvalue weighted by Crippen LogP contribution is 2.48. The number of aryl methyl sites for hydroxylation is 3. The summed E-state index contributed by atoms with van der Waals surface area (Å²) in [6, 6.07) is 19.1. The van der Waals surface area contributed by atoms with Gasteiger partial charge in [0.2, 0.25) is 0 Å². The molecule has 232 valence electrons. The second-order valence-electron chi connectivity index (χ2n) is 12.9. The maximum atomic E-state index is 13.5. The Morgan fingerprint density at radius 2 is 1.51 bits per heavy atom. The lowest BCUT2D eigenvalue weighted by molar-refractivity contribution is 0.839. The molecule has 4 aromatic heterocycles. The zero-order valence-corrected chi connectivity index (χ0v) is 29.5. The molecule has 9 rings (SSSR count). The summed E-state index contributed by atoms with van der Waals surface area (Å²) in [6.45, 7) is 4.51. The van der Waals surface area contributed by atoms with Gasteiger partial charge in [-0.2, -0.15) is 0 Å². The van der Waals surface area contributed by atoms with Crippen LogP contribution < -0.4 is 10.9 Å². The Morgan fingerprint density at radius 1 is 0.723 bits per heavy atom. The van der Waals surface area contributed by atoms with Gasteiger partial charge >= 0.3 is 0 Å². The third-order valence-corrected chi connectivity index (χ3v) is 14.7. The molecule has 6 heteroatoms. The largest absolute Gasteiger partial charge is 0.289 e.